The Morgan fingerprint density at radius 1 is 1.56 bits per heavy atom. The fraction of sp³-hybridized carbons (Fsp3) is 0.571. The lowest BCUT2D eigenvalue weighted by Gasteiger charge is -2.09. The Morgan fingerprint density at radius 2 is 2.39 bits per heavy atom. The number of rotatable bonds is 6. The van der Waals surface area contributed by atoms with E-state index in [1.807, 2.05) is 19.1 Å². The van der Waals surface area contributed by atoms with Crippen LogP contribution in [0, 0.1) is 0 Å². The highest BCUT2D eigenvalue weighted by molar-refractivity contribution is 5.52. The summed E-state index contributed by atoms with van der Waals surface area (Å²) in [6.45, 7) is 3.26. The molecule has 0 saturated heterocycles. The van der Waals surface area contributed by atoms with Crippen LogP contribution in [0.4, 0.5) is 5.69 Å². The minimum Gasteiger partial charge on any atom is -0.488 e. The number of hydrogen-bond acceptors (Lipinski definition) is 4. The summed E-state index contributed by atoms with van der Waals surface area (Å²) >= 11 is 0. The number of hydrogen-bond donors (Lipinski definition) is 3. The Bertz CT molecular complexity index is 393. The Labute approximate surface area is 108 Å². The molecule has 18 heavy (non-hydrogen) atoms. The molecule has 4 heteroatoms. The van der Waals surface area contributed by atoms with E-state index in [1.54, 1.807) is 0 Å². The van der Waals surface area contributed by atoms with Gasteiger partial charge in [-0.2, -0.15) is 0 Å². The summed E-state index contributed by atoms with van der Waals surface area (Å²) in [4.78, 5) is 0. The van der Waals surface area contributed by atoms with Crippen molar-refractivity contribution in [3.63, 3.8) is 0 Å². The van der Waals surface area contributed by atoms with E-state index in [4.69, 9.17) is 10.5 Å². The normalized spacial score (nSPS) is 19.2. The van der Waals surface area contributed by atoms with Gasteiger partial charge in [0.25, 0.3) is 0 Å². The first-order chi connectivity index (χ1) is 8.69. The van der Waals surface area contributed by atoms with Gasteiger partial charge in [-0.25, -0.2) is 0 Å². The van der Waals surface area contributed by atoms with Crippen LogP contribution in [0.1, 0.15) is 25.3 Å². The molecule has 0 fully saturated rings. The third kappa shape index (κ3) is 3.37. The highest BCUT2D eigenvalue weighted by atomic mass is 16.5. The van der Waals surface area contributed by atoms with Crippen LogP contribution in [0.25, 0.3) is 0 Å². The summed E-state index contributed by atoms with van der Waals surface area (Å²) in [6, 6.07) is 6.16. The minimum absolute atomic E-state index is 0.130. The van der Waals surface area contributed by atoms with Crippen molar-refractivity contribution in [1.82, 2.24) is 0 Å². The molecular weight excluding hydrogens is 228 g/mol. The van der Waals surface area contributed by atoms with Gasteiger partial charge in [0.15, 0.2) is 0 Å². The fourth-order valence-corrected chi connectivity index (χ4v) is 2.19. The van der Waals surface area contributed by atoms with Crippen LogP contribution < -0.4 is 15.8 Å². The maximum atomic E-state index is 9.18. The lowest BCUT2D eigenvalue weighted by Crippen LogP contribution is -2.24. The second-order valence-electron chi connectivity index (χ2n) is 4.92. The van der Waals surface area contributed by atoms with Crippen LogP contribution in [0.5, 0.6) is 5.75 Å². The predicted octanol–water partition coefficient (Wildman–Crippen LogP) is 1.52. The zero-order valence-corrected chi connectivity index (χ0v) is 10.9. The summed E-state index contributed by atoms with van der Waals surface area (Å²) in [6.07, 6.45) is 2.61. The first-order valence-electron chi connectivity index (χ1n) is 6.60. The number of nitrogens with one attached hydrogen (secondary N) is 1. The van der Waals surface area contributed by atoms with E-state index in [1.165, 1.54) is 5.56 Å². The average molecular weight is 250 g/mol. The van der Waals surface area contributed by atoms with Gasteiger partial charge in [-0.3, -0.25) is 0 Å². The van der Waals surface area contributed by atoms with E-state index >= 15 is 0 Å². The largest absolute Gasteiger partial charge is 0.488 e. The number of fused-ring (bicyclic) bond motifs is 1. The second-order valence-corrected chi connectivity index (χ2v) is 4.92. The maximum absolute atomic E-state index is 9.18. The van der Waals surface area contributed by atoms with Gasteiger partial charge < -0.3 is 20.9 Å². The summed E-state index contributed by atoms with van der Waals surface area (Å²) in [5.74, 6) is 0.958. The van der Waals surface area contributed by atoms with E-state index < -0.39 is 0 Å². The lowest BCUT2D eigenvalue weighted by molar-refractivity contribution is 0.183. The molecule has 1 aliphatic heterocycles. The quantitative estimate of drug-likeness (QED) is 0.670. The molecule has 100 valence electrons. The van der Waals surface area contributed by atoms with Crippen molar-refractivity contribution >= 4 is 5.69 Å². The second kappa shape index (κ2) is 6.07. The maximum Gasteiger partial charge on any atom is 0.123 e. The molecule has 2 rings (SSSR count). The Morgan fingerprint density at radius 3 is 3.11 bits per heavy atom. The SMILES string of the molecule is CC(O)CCCNc1ccc2c(c1)CC(CN)O2. The summed E-state index contributed by atoms with van der Waals surface area (Å²) in [5, 5.41) is 12.5. The standard InChI is InChI=1S/C14H22N2O2/c1-10(17)3-2-6-16-12-4-5-14-11(7-12)8-13(9-15)18-14/h4-5,7,10,13,16-17H,2-3,6,8-9,15H2,1H3. The third-order valence-corrected chi connectivity index (χ3v) is 3.19. The molecule has 0 saturated carbocycles. The molecule has 0 amide bonds. The molecule has 4 nitrogen and oxygen atoms in total. The molecular formula is C14H22N2O2. The molecule has 0 spiro atoms. The van der Waals surface area contributed by atoms with Gasteiger partial charge in [0.1, 0.15) is 11.9 Å². The van der Waals surface area contributed by atoms with Crippen molar-refractivity contribution in [2.45, 2.75) is 38.4 Å². The van der Waals surface area contributed by atoms with E-state index in [9.17, 15) is 5.11 Å². The molecule has 0 aromatic heterocycles. The molecule has 4 N–H and O–H groups in total. The summed E-state index contributed by atoms with van der Waals surface area (Å²) in [7, 11) is 0. The molecule has 0 aliphatic carbocycles. The van der Waals surface area contributed by atoms with Gasteiger partial charge >= 0.3 is 0 Å². The van der Waals surface area contributed by atoms with Gasteiger partial charge in [0.05, 0.1) is 6.10 Å². The predicted molar refractivity (Wildman–Crippen MR) is 73.0 cm³/mol. The molecule has 2 atom stereocenters. The lowest BCUT2D eigenvalue weighted by atomic mass is 10.1. The Hall–Kier alpha value is -1.26. The zero-order chi connectivity index (χ0) is 13.0. The van der Waals surface area contributed by atoms with Gasteiger partial charge in [-0.1, -0.05) is 0 Å². The molecule has 1 aromatic carbocycles. The number of anilines is 1. The molecule has 2 unspecified atom stereocenters. The molecule has 1 aliphatic rings. The van der Waals surface area contributed by atoms with Crippen LogP contribution in [0.3, 0.4) is 0 Å². The number of ether oxygens (including phenoxy) is 1. The van der Waals surface area contributed by atoms with E-state index in [-0.39, 0.29) is 12.2 Å². The number of nitrogens with two attached hydrogens (primary N) is 1. The van der Waals surface area contributed by atoms with E-state index in [0.717, 1.165) is 37.2 Å². The van der Waals surface area contributed by atoms with Crippen molar-refractivity contribution in [3.05, 3.63) is 23.8 Å². The number of benzene rings is 1. The first-order valence-corrected chi connectivity index (χ1v) is 6.60. The monoisotopic (exact) mass is 250 g/mol. The van der Waals surface area contributed by atoms with Crippen molar-refractivity contribution in [3.8, 4) is 5.75 Å². The highest BCUT2D eigenvalue weighted by Crippen LogP contribution is 2.30. The topological polar surface area (TPSA) is 67.5 Å². The van der Waals surface area contributed by atoms with Crippen LogP contribution in [0.15, 0.2) is 18.2 Å². The van der Waals surface area contributed by atoms with Crippen LogP contribution in [-0.4, -0.2) is 30.4 Å². The van der Waals surface area contributed by atoms with Crippen molar-refractivity contribution in [1.29, 1.82) is 0 Å². The number of aliphatic hydroxyl groups is 1. The number of aliphatic hydroxyl groups excluding tert-OH is 1. The highest BCUT2D eigenvalue weighted by Gasteiger charge is 2.21. The van der Waals surface area contributed by atoms with Crippen molar-refractivity contribution in [2.24, 2.45) is 5.73 Å². The van der Waals surface area contributed by atoms with Crippen LogP contribution in [-0.2, 0) is 6.42 Å². The molecule has 0 radical (unpaired) electrons. The van der Waals surface area contributed by atoms with Gasteiger partial charge in [0, 0.05) is 25.2 Å². The zero-order valence-electron chi connectivity index (χ0n) is 10.9. The third-order valence-electron chi connectivity index (χ3n) is 3.19. The summed E-state index contributed by atoms with van der Waals surface area (Å²) < 4.78 is 5.68. The Kier molecular flexibility index (Phi) is 4.44. The minimum atomic E-state index is -0.217. The molecule has 1 aromatic rings. The van der Waals surface area contributed by atoms with E-state index in [2.05, 4.69) is 11.4 Å². The fourth-order valence-electron chi connectivity index (χ4n) is 2.19. The van der Waals surface area contributed by atoms with E-state index in [0.29, 0.717) is 6.54 Å². The van der Waals surface area contributed by atoms with Crippen LogP contribution in [0.2, 0.25) is 0 Å². The molecule has 0 bridgehead atoms. The Balaban J connectivity index is 1.85. The van der Waals surface area contributed by atoms with Crippen LogP contribution >= 0.6 is 0 Å². The average Bonchev–Trinajstić information content (AvgIpc) is 2.76. The van der Waals surface area contributed by atoms with Gasteiger partial charge in [-0.15, -0.1) is 0 Å². The summed E-state index contributed by atoms with van der Waals surface area (Å²) in [5.41, 5.74) is 7.95. The first kappa shape index (κ1) is 13.2. The smallest absolute Gasteiger partial charge is 0.123 e. The van der Waals surface area contributed by atoms with Crippen molar-refractivity contribution in [2.75, 3.05) is 18.4 Å². The van der Waals surface area contributed by atoms with Gasteiger partial charge in [0.2, 0.25) is 0 Å². The molecule has 1 heterocycles. The van der Waals surface area contributed by atoms with Crippen molar-refractivity contribution < 1.29 is 9.84 Å². The van der Waals surface area contributed by atoms with Gasteiger partial charge in [-0.05, 0) is 43.5 Å².